The van der Waals surface area contributed by atoms with Gasteiger partial charge < -0.3 is 5.32 Å². The Balaban J connectivity index is 1.57. The Labute approximate surface area is 172 Å². The first-order chi connectivity index (χ1) is 13.9. The number of halogens is 2. The second kappa shape index (κ2) is 7.84. The maximum Gasteiger partial charge on any atom is 0.263 e. The number of thiophene rings is 2. The lowest BCUT2D eigenvalue weighted by Crippen LogP contribution is -2.34. The molecule has 148 valence electrons. The van der Waals surface area contributed by atoms with Crippen LogP contribution < -0.4 is 10.9 Å². The second-order valence-corrected chi connectivity index (χ2v) is 8.25. The number of amides is 1. The standard InChI is InChI=1S/C20H15F2N3O2S2/c1-11(13-5-4-12(21)7-15(13)22)24-17(26)8-25-10-23-19-18(20(25)27)14(9-29-19)16-3-2-6-28-16/h2-7,9-11H,8H2,1H3,(H,24,26)/t11-/m1/s1. The van der Waals surface area contributed by atoms with E-state index in [1.54, 1.807) is 6.92 Å². The molecule has 0 saturated carbocycles. The van der Waals surface area contributed by atoms with Crippen molar-refractivity contribution >= 4 is 38.8 Å². The van der Waals surface area contributed by atoms with Gasteiger partial charge in [0.2, 0.25) is 5.91 Å². The first-order valence-electron chi connectivity index (χ1n) is 8.69. The van der Waals surface area contributed by atoms with Crippen LogP contribution in [-0.2, 0) is 11.3 Å². The van der Waals surface area contributed by atoms with Gasteiger partial charge in [-0.1, -0.05) is 12.1 Å². The van der Waals surface area contributed by atoms with E-state index in [-0.39, 0.29) is 17.7 Å². The minimum atomic E-state index is -0.739. The molecule has 1 amide bonds. The van der Waals surface area contributed by atoms with Crippen molar-refractivity contribution in [3.05, 3.63) is 75.0 Å². The number of rotatable bonds is 5. The second-order valence-electron chi connectivity index (χ2n) is 6.44. The smallest absolute Gasteiger partial charge is 0.263 e. The van der Waals surface area contributed by atoms with Crippen molar-refractivity contribution in [3.63, 3.8) is 0 Å². The quantitative estimate of drug-likeness (QED) is 0.511. The molecule has 3 aromatic heterocycles. The predicted octanol–water partition coefficient (Wildman–Crippen LogP) is 4.34. The van der Waals surface area contributed by atoms with Gasteiger partial charge in [-0.3, -0.25) is 14.2 Å². The summed E-state index contributed by atoms with van der Waals surface area (Å²) in [5.41, 5.74) is 0.655. The molecular weight excluding hydrogens is 416 g/mol. The number of hydrogen-bond acceptors (Lipinski definition) is 5. The number of nitrogens with zero attached hydrogens (tertiary/aromatic N) is 2. The minimum absolute atomic E-state index is 0.165. The molecule has 0 radical (unpaired) electrons. The summed E-state index contributed by atoms with van der Waals surface area (Å²) in [5.74, 6) is -1.90. The van der Waals surface area contributed by atoms with E-state index >= 15 is 0 Å². The summed E-state index contributed by atoms with van der Waals surface area (Å²) in [6.45, 7) is 1.33. The zero-order chi connectivity index (χ0) is 20.5. The topological polar surface area (TPSA) is 64.0 Å². The van der Waals surface area contributed by atoms with Crippen molar-refractivity contribution in [3.8, 4) is 10.4 Å². The van der Waals surface area contributed by atoms with E-state index in [9.17, 15) is 18.4 Å². The number of benzene rings is 1. The maximum atomic E-state index is 13.9. The van der Waals surface area contributed by atoms with Crippen LogP contribution in [0.25, 0.3) is 20.7 Å². The highest BCUT2D eigenvalue weighted by atomic mass is 32.1. The van der Waals surface area contributed by atoms with Gasteiger partial charge in [0.15, 0.2) is 0 Å². The van der Waals surface area contributed by atoms with Crippen molar-refractivity contribution in [1.82, 2.24) is 14.9 Å². The van der Waals surface area contributed by atoms with Gasteiger partial charge in [0.25, 0.3) is 5.56 Å². The van der Waals surface area contributed by atoms with Crippen LogP contribution in [0.15, 0.2) is 52.2 Å². The zero-order valence-corrected chi connectivity index (χ0v) is 16.8. The molecule has 1 aromatic carbocycles. The van der Waals surface area contributed by atoms with Crippen LogP contribution >= 0.6 is 22.7 Å². The van der Waals surface area contributed by atoms with E-state index in [0.29, 0.717) is 10.2 Å². The molecule has 0 aliphatic heterocycles. The number of hydrogen-bond donors (Lipinski definition) is 1. The molecule has 9 heteroatoms. The van der Waals surface area contributed by atoms with Gasteiger partial charge in [0, 0.05) is 27.5 Å². The molecule has 0 bridgehead atoms. The summed E-state index contributed by atoms with van der Waals surface area (Å²) in [4.78, 5) is 31.2. The van der Waals surface area contributed by atoms with E-state index in [1.807, 2.05) is 22.9 Å². The molecule has 5 nitrogen and oxygen atoms in total. The lowest BCUT2D eigenvalue weighted by Gasteiger charge is -2.15. The number of aromatic nitrogens is 2. The molecule has 4 aromatic rings. The number of carbonyl (C=O) groups excluding carboxylic acids is 1. The summed E-state index contributed by atoms with van der Waals surface area (Å²) >= 11 is 2.90. The largest absolute Gasteiger partial charge is 0.348 e. The third kappa shape index (κ3) is 3.83. The third-order valence-corrected chi connectivity index (χ3v) is 6.26. The van der Waals surface area contributed by atoms with E-state index in [4.69, 9.17) is 0 Å². The highest BCUT2D eigenvalue weighted by Crippen LogP contribution is 2.33. The number of fused-ring (bicyclic) bond motifs is 1. The summed E-state index contributed by atoms with van der Waals surface area (Å²) in [7, 11) is 0. The first kappa shape index (κ1) is 19.4. The Kier molecular flexibility index (Phi) is 5.25. The summed E-state index contributed by atoms with van der Waals surface area (Å²) in [6.07, 6.45) is 1.34. The summed E-state index contributed by atoms with van der Waals surface area (Å²) in [6, 6.07) is 6.33. The van der Waals surface area contributed by atoms with E-state index in [2.05, 4.69) is 10.3 Å². The van der Waals surface area contributed by atoms with Crippen molar-refractivity contribution in [1.29, 1.82) is 0 Å². The highest BCUT2D eigenvalue weighted by Gasteiger charge is 2.17. The van der Waals surface area contributed by atoms with Crippen LogP contribution in [0.1, 0.15) is 18.5 Å². The molecule has 0 aliphatic carbocycles. The average molecular weight is 431 g/mol. The molecule has 0 aliphatic rings. The van der Waals surface area contributed by atoms with Gasteiger partial charge in [-0.15, -0.1) is 22.7 Å². The molecule has 0 fully saturated rings. The Morgan fingerprint density at radius 1 is 1.28 bits per heavy atom. The fourth-order valence-electron chi connectivity index (χ4n) is 3.07. The molecule has 4 rings (SSSR count). The normalized spacial score (nSPS) is 12.2. The molecule has 0 unspecified atom stereocenters. The molecule has 29 heavy (non-hydrogen) atoms. The average Bonchev–Trinajstić information content (AvgIpc) is 3.33. The fourth-order valence-corrected chi connectivity index (χ4v) is 4.79. The highest BCUT2D eigenvalue weighted by molar-refractivity contribution is 7.18. The predicted molar refractivity (Wildman–Crippen MR) is 110 cm³/mol. The van der Waals surface area contributed by atoms with Crippen LogP contribution in [0.5, 0.6) is 0 Å². The monoisotopic (exact) mass is 431 g/mol. The van der Waals surface area contributed by atoms with Crippen molar-refractivity contribution in [2.75, 3.05) is 0 Å². The van der Waals surface area contributed by atoms with Crippen LogP contribution in [0.3, 0.4) is 0 Å². The van der Waals surface area contributed by atoms with Crippen LogP contribution in [0.2, 0.25) is 0 Å². The zero-order valence-electron chi connectivity index (χ0n) is 15.2. The van der Waals surface area contributed by atoms with Gasteiger partial charge in [-0.2, -0.15) is 0 Å². The molecule has 1 atom stereocenters. The number of nitrogens with one attached hydrogen (secondary N) is 1. The van der Waals surface area contributed by atoms with Gasteiger partial charge in [-0.25, -0.2) is 13.8 Å². The Bertz CT molecular complexity index is 1250. The van der Waals surface area contributed by atoms with Gasteiger partial charge in [-0.05, 0) is 24.4 Å². The van der Waals surface area contributed by atoms with Gasteiger partial charge in [0.05, 0.1) is 17.8 Å². The minimum Gasteiger partial charge on any atom is -0.348 e. The van der Waals surface area contributed by atoms with E-state index < -0.39 is 23.6 Å². The summed E-state index contributed by atoms with van der Waals surface area (Å²) < 4.78 is 28.2. The van der Waals surface area contributed by atoms with Crippen molar-refractivity contribution in [2.24, 2.45) is 0 Å². The molecular formula is C20H15F2N3O2S2. The number of carbonyl (C=O) groups is 1. The SMILES string of the molecule is C[C@@H](NC(=O)Cn1cnc2scc(-c3cccs3)c2c1=O)c1ccc(F)cc1F. The van der Waals surface area contributed by atoms with Crippen molar-refractivity contribution < 1.29 is 13.6 Å². The van der Waals surface area contributed by atoms with Crippen LogP contribution in [0.4, 0.5) is 8.78 Å². The van der Waals surface area contributed by atoms with Gasteiger partial charge in [0.1, 0.15) is 23.0 Å². The lowest BCUT2D eigenvalue weighted by atomic mass is 10.1. The molecule has 0 spiro atoms. The summed E-state index contributed by atoms with van der Waals surface area (Å²) in [5, 5.41) is 6.92. The Morgan fingerprint density at radius 2 is 2.10 bits per heavy atom. The Hall–Kier alpha value is -2.91. The first-order valence-corrected chi connectivity index (χ1v) is 10.4. The molecule has 1 N–H and O–H groups in total. The van der Waals surface area contributed by atoms with E-state index in [0.717, 1.165) is 22.6 Å². The van der Waals surface area contributed by atoms with Gasteiger partial charge >= 0.3 is 0 Å². The third-order valence-electron chi connectivity index (χ3n) is 4.47. The fraction of sp³-hybridized carbons (Fsp3) is 0.150. The Morgan fingerprint density at radius 3 is 2.83 bits per heavy atom. The van der Waals surface area contributed by atoms with Crippen molar-refractivity contribution in [2.45, 2.75) is 19.5 Å². The van der Waals surface area contributed by atoms with Crippen LogP contribution in [-0.4, -0.2) is 15.5 Å². The lowest BCUT2D eigenvalue weighted by molar-refractivity contribution is -0.122. The molecule has 0 saturated heterocycles. The van der Waals surface area contributed by atoms with E-state index in [1.165, 1.54) is 39.6 Å². The molecule has 3 heterocycles. The maximum absolute atomic E-state index is 13.9. The van der Waals surface area contributed by atoms with Crippen LogP contribution in [0, 0.1) is 11.6 Å².